The first kappa shape index (κ1) is 16.1. The number of carbonyl (C=O) groups excluding carboxylic acids is 1. The molecule has 1 heterocycles. The Kier molecular flexibility index (Phi) is 4.64. The van der Waals surface area contributed by atoms with E-state index in [1.165, 1.54) is 5.56 Å². The van der Waals surface area contributed by atoms with Crippen molar-refractivity contribution in [2.24, 2.45) is 5.92 Å². The molecule has 2 aliphatic rings. The summed E-state index contributed by atoms with van der Waals surface area (Å²) in [5.41, 5.74) is 1.20. The number of nitrogens with one attached hydrogen (secondary N) is 1. The molecule has 1 aliphatic carbocycles. The topological polar surface area (TPSA) is 52.6 Å². The molecule has 0 radical (unpaired) electrons. The standard InChI is InChI=1S/C16H20Cl2N2O2/c17-16(18)7-14(16)15(22)19-8-12-6-13(21)10-20(12)9-11-4-2-1-3-5-11/h1-5,12-14,21H,6-10H2,(H,19,22)/t12-,13-,14-/m0/s1. The number of likely N-dealkylation sites (tertiary alicyclic amines) is 1. The summed E-state index contributed by atoms with van der Waals surface area (Å²) in [6, 6.07) is 10.3. The van der Waals surface area contributed by atoms with Crippen LogP contribution in [0.1, 0.15) is 18.4 Å². The number of alkyl halides is 2. The molecule has 1 saturated heterocycles. The van der Waals surface area contributed by atoms with Crippen LogP contribution in [0.3, 0.4) is 0 Å². The zero-order chi connectivity index (χ0) is 15.7. The fourth-order valence-electron chi connectivity index (χ4n) is 3.02. The minimum Gasteiger partial charge on any atom is -0.392 e. The second kappa shape index (κ2) is 6.36. The van der Waals surface area contributed by atoms with E-state index in [1.54, 1.807) is 0 Å². The van der Waals surface area contributed by atoms with E-state index < -0.39 is 4.33 Å². The molecule has 1 saturated carbocycles. The number of nitrogens with zero attached hydrogens (tertiary/aromatic N) is 1. The van der Waals surface area contributed by atoms with Crippen molar-refractivity contribution in [1.82, 2.24) is 10.2 Å². The number of amides is 1. The average Bonchev–Trinajstić information content (AvgIpc) is 2.98. The van der Waals surface area contributed by atoms with Crippen LogP contribution in [-0.2, 0) is 11.3 Å². The van der Waals surface area contributed by atoms with Gasteiger partial charge in [-0.25, -0.2) is 0 Å². The summed E-state index contributed by atoms with van der Waals surface area (Å²) in [6.07, 6.45) is 0.847. The van der Waals surface area contributed by atoms with Crippen molar-refractivity contribution in [3.8, 4) is 0 Å². The molecule has 22 heavy (non-hydrogen) atoms. The Hall–Kier alpha value is -0.810. The van der Waals surface area contributed by atoms with E-state index in [1.807, 2.05) is 18.2 Å². The summed E-state index contributed by atoms with van der Waals surface area (Å²) >= 11 is 11.8. The molecule has 3 rings (SSSR count). The predicted octanol–water partition coefficient (Wildman–Crippen LogP) is 1.93. The van der Waals surface area contributed by atoms with E-state index in [-0.39, 0.29) is 24.0 Å². The number of β-amino-alcohol motifs (C(OH)–C–C–N with tert-alkyl or cyclic N) is 1. The summed E-state index contributed by atoms with van der Waals surface area (Å²) in [7, 11) is 0. The van der Waals surface area contributed by atoms with Crippen molar-refractivity contribution in [3.05, 3.63) is 35.9 Å². The lowest BCUT2D eigenvalue weighted by molar-refractivity contribution is -0.122. The quantitative estimate of drug-likeness (QED) is 0.804. The van der Waals surface area contributed by atoms with Crippen LogP contribution < -0.4 is 5.32 Å². The summed E-state index contributed by atoms with van der Waals surface area (Å²) in [4.78, 5) is 14.2. The zero-order valence-corrected chi connectivity index (χ0v) is 13.7. The molecular weight excluding hydrogens is 323 g/mol. The highest BCUT2D eigenvalue weighted by atomic mass is 35.5. The van der Waals surface area contributed by atoms with Gasteiger partial charge in [0.2, 0.25) is 5.91 Å². The molecule has 1 aliphatic heterocycles. The van der Waals surface area contributed by atoms with Crippen molar-refractivity contribution in [1.29, 1.82) is 0 Å². The highest BCUT2D eigenvalue weighted by Crippen LogP contribution is 2.53. The Morgan fingerprint density at radius 1 is 1.36 bits per heavy atom. The second-order valence-electron chi connectivity index (χ2n) is 6.22. The molecule has 0 aromatic heterocycles. The van der Waals surface area contributed by atoms with Gasteiger partial charge >= 0.3 is 0 Å². The van der Waals surface area contributed by atoms with Gasteiger partial charge in [-0.1, -0.05) is 30.3 Å². The molecule has 4 nitrogen and oxygen atoms in total. The number of aliphatic hydroxyl groups is 1. The lowest BCUT2D eigenvalue weighted by Crippen LogP contribution is -2.40. The van der Waals surface area contributed by atoms with Crippen molar-refractivity contribution in [2.75, 3.05) is 13.1 Å². The van der Waals surface area contributed by atoms with E-state index in [2.05, 4.69) is 22.3 Å². The van der Waals surface area contributed by atoms with Gasteiger partial charge in [0.1, 0.15) is 4.33 Å². The Labute approximate surface area is 140 Å². The van der Waals surface area contributed by atoms with Crippen LogP contribution in [0.2, 0.25) is 0 Å². The van der Waals surface area contributed by atoms with Gasteiger partial charge < -0.3 is 10.4 Å². The van der Waals surface area contributed by atoms with Crippen molar-refractivity contribution in [3.63, 3.8) is 0 Å². The zero-order valence-electron chi connectivity index (χ0n) is 12.2. The third-order valence-corrected chi connectivity index (χ3v) is 5.22. The lowest BCUT2D eigenvalue weighted by Gasteiger charge is -2.24. The maximum atomic E-state index is 12.0. The molecule has 1 aromatic carbocycles. The van der Waals surface area contributed by atoms with Crippen molar-refractivity contribution < 1.29 is 9.90 Å². The van der Waals surface area contributed by atoms with Gasteiger partial charge in [-0.3, -0.25) is 9.69 Å². The summed E-state index contributed by atoms with van der Waals surface area (Å²) < 4.78 is -0.886. The smallest absolute Gasteiger partial charge is 0.226 e. The average molecular weight is 343 g/mol. The van der Waals surface area contributed by atoms with Crippen LogP contribution in [0, 0.1) is 5.92 Å². The minimum absolute atomic E-state index is 0.0916. The molecule has 2 fully saturated rings. The van der Waals surface area contributed by atoms with Crippen LogP contribution in [0.4, 0.5) is 0 Å². The molecule has 0 bridgehead atoms. The Morgan fingerprint density at radius 3 is 2.68 bits per heavy atom. The lowest BCUT2D eigenvalue weighted by atomic mass is 10.1. The first-order valence-corrected chi connectivity index (χ1v) is 8.33. The molecular formula is C16H20Cl2N2O2. The Morgan fingerprint density at radius 2 is 2.05 bits per heavy atom. The van der Waals surface area contributed by atoms with Gasteiger partial charge in [0.15, 0.2) is 0 Å². The number of benzene rings is 1. The fourth-order valence-corrected chi connectivity index (χ4v) is 3.53. The van der Waals surface area contributed by atoms with E-state index in [9.17, 15) is 9.90 Å². The van der Waals surface area contributed by atoms with Crippen molar-refractivity contribution >= 4 is 29.1 Å². The van der Waals surface area contributed by atoms with E-state index >= 15 is 0 Å². The summed E-state index contributed by atoms with van der Waals surface area (Å²) in [5, 5.41) is 12.8. The molecule has 0 spiro atoms. The number of aliphatic hydroxyl groups excluding tert-OH is 1. The molecule has 3 atom stereocenters. The van der Waals surface area contributed by atoms with Crippen LogP contribution >= 0.6 is 23.2 Å². The molecule has 1 amide bonds. The SMILES string of the molecule is O=C(NC[C@@H]1C[C@H](O)CN1Cc1ccccc1)[C@@H]1CC1(Cl)Cl. The van der Waals surface area contributed by atoms with E-state index in [0.717, 1.165) is 6.54 Å². The van der Waals surface area contributed by atoms with Gasteiger partial charge in [-0.15, -0.1) is 23.2 Å². The van der Waals surface area contributed by atoms with Gasteiger partial charge in [0.05, 0.1) is 12.0 Å². The molecule has 0 unspecified atom stereocenters. The van der Waals surface area contributed by atoms with Gasteiger partial charge in [-0.2, -0.15) is 0 Å². The highest BCUT2D eigenvalue weighted by molar-refractivity contribution is 6.52. The minimum atomic E-state index is -0.886. The summed E-state index contributed by atoms with van der Waals surface area (Å²) in [6.45, 7) is 1.92. The molecule has 1 aromatic rings. The largest absolute Gasteiger partial charge is 0.392 e. The van der Waals surface area contributed by atoms with Gasteiger partial charge in [0.25, 0.3) is 0 Å². The third-order valence-electron chi connectivity index (χ3n) is 4.39. The molecule has 6 heteroatoms. The molecule has 120 valence electrons. The fraction of sp³-hybridized carbons (Fsp3) is 0.562. The number of carbonyl (C=O) groups is 1. The normalized spacial score (nSPS) is 30.2. The number of hydrogen-bond acceptors (Lipinski definition) is 3. The van der Waals surface area contributed by atoms with E-state index in [4.69, 9.17) is 23.2 Å². The third kappa shape index (κ3) is 3.74. The second-order valence-corrected chi connectivity index (χ2v) is 7.76. The number of halogens is 2. The highest BCUT2D eigenvalue weighted by Gasteiger charge is 2.56. The van der Waals surface area contributed by atoms with Crippen LogP contribution in [0.25, 0.3) is 0 Å². The van der Waals surface area contributed by atoms with Gasteiger partial charge in [0, 0.05) is 25.7 Å². The maximum absolute atomic E-state index is 12.0. The first-order chi connectivity index (χ1) is 10.5. The van der Waals surface area contributed by atoms with Crippen LogP contribution in [-0.4, -0.2) is 45.5 Å². The number of hydrogen-bond donors (Lipinski definition) is 2. The molecule has 2 N–H and O–H groups in total. The van der Waals surface area contributed by atoms with Crippen molar-refractivity contribution in [2.45, 2.75) is 35.9 Å². The number of rotatable bonds is 5. The summed E-state index contributed by atoms with van der Waals surface area (Å²) in [5.74, 6) is -0.393. The Bertz CT molecular complexity index is 538. The Balaban J connectivity index is 1.54. The van der Waals surface area contributed by atoms with E-state index in [0.29, 0.717) is 25.9 Å². The van der Waals surface area contributed by atoms with Gasteiger partial charge in [-0.05, 0) is 18.4 Å². The monoisotopic (exact) mass is 342 g/mol. The predicted molar refractivity (Wildman–Crippen MR) is 86.8 cm³/mol. The van der Waals surface area contributed by atoms with Crippen LogP contribution in [0.15, 0.2) is 30.3 Å². The van der Waals surface area contributed by atoms with Crippen LogP contribution in [0.5, 0.6) is 0 Å². The first-order valence-electron chi connectivity index (χ1n) is 7.57. The maximum Gasteiger partial charge on any atom is 0.226 e.